The topological polar surface area (TPSA) is 89.8 Å². The van der Waals surface area contributed by atoms with Crippen LogP contribution in [0.2, 0.25) is 0 Å². The highest BCUT2D eigenvalue weighted by atomic mass is 32.1. The van der Waals surface area contributed by atoms with Gasteiger partial charge in [-0.15, -0.1) is 21.5 Å². The highest BCUT2D eigenvalue weighted by molar-refractivity contribution is 7.19. The predicted molar refractivity (Wildman–Crippen MR) is 117 cm³/mol. The van der Waals surface area contributed by atoms with Gasteiger partial charge < -0.3 is 0 Å². The Morgan fingerprint density at radius 3 is 2.66 bits per heavy atom. The van der Waals surface area contributed by atoms with Gasteiger partial charge in [-0.05, 0) is 25.8 Å². The fourth-order valence-electron chi connectivity index (χ4n) is 3.13. The van der Waals surface area contributed by atoms with Gasteiger partial charge in [-0.25, -0.2) is 4.98 Å². The lowest BCUT2D eigenvalue weighted by Crippen LogP contribution is -2.31. The molecule has 148 valence electrons. The summed E-state index contributed by atoms with van der Waals surface area (Å²) in [6.45, 7) is 5.63. The molecule has 3 aromatic heterocycles. The molecule has 4 aromatic rings. The molecule has 0 fully saturated rings. The van der Waals surface area contributed by atoms with Gasteiger partial charge >= 0.3 is 0 Å². The zero-order valence-electron chi connectivity index (χ0n) is 16.2. The maximum atomic E-state index is 13.3. The molecule has 7 nitrogen and oxygen atoms in total. The summed E-state index contributed by atoms with van der Waals surface area (Å²) in [5.74, 6) is -0.333. The third kappa shape index (κ3) is 3.58. The number of anilines is 1. The first-order chi connectivity index (χ1) is 14.0. The van der Waals surface area contributed by atoms with E-state index in [0.717, 1.165) is 27.4 Å². The summed E-state index contributed by atoms with van der Waals surface area (Å²) in [5.41, 5.74) is 1.61. The van der Waals surface area contributed by atoms with Crippen molar-refractivity contribution in [1.82, 2.24) is 19.7 Å². The van der Waals surface area contributed by atoms with Crippen LogP contribution in [0.15, 0.2) is 41.5 Å². The number of amides is 1. The Labute approximate surface area is 175 Å². The van der Waals surface area contributed by atoms with Crippen molar-refractivity contribution < 1.29 is 4.79 Å². The molecule has 9 heteroatoms. The molecule has 0 saturated carbocycles. The van der Waals surface area contributed by atoms with Crippen LogP contribution in [0.5, 0.6) is 0 Å². The number of hydrogen-bond donors (Lipinski definition) is 1. The Balaban J connectivity index is 1.73. The van der Waals surface area contributed by atoms with E-state index in [0.29, 0.717) is 15.3 Å². The molecule has 29 heavy (non-hydrogen) atoms. The zero-order valence-corrected chi connectivity index (χ0v) is 17.8. The number of thiophene rings is 1. The van der Waals surface area contributed by atoms with Crippen LogP contribution in [0.4, 0.5) is 5.13 Å². The minimum absolute atomic E-state index is 0.229. The minimum Gasteiger partial charge on any atom is -0.299 e. The lowest BCUT2D eigenvalue weighted by Gasteiger charge is -2.13. The molecular weight excluding hydrogens is 406 g/mol. The largest absolute Gasteiger partial charge is 0.299 e. The molecule has 3 heterocycles. The van der Waals surface area contributed by atoms with Gasteiger partial charge in [0.05, 0.1) is 11.7 Å². The minimum atomic E-state index is -0.739. The Morgan fingerprint density at radius 2 is 1.97 bits per heavy atom. The van der Waals surface area contributed by atoms with Gasteiger partial charge in [-0.1, -0.05) is 48.6 Å². The van der Waals surface area contributed by atoms with E-state index in [9.17, 15) is 9.59 Å². The van der Waals surface area contributed by atoms with E-state index in [1.54, 1.807) is 6.92 Å². The molecule has 0 radical (unpaired) electrons. The van der Waals surface area contributed by atoms with Crippen molar-refractivity contribution in [3.8, 4) is 11.1 Å². The van der Waals surface area contributed by atoms with Gasteiger partial charge in [0.1, 0.15) is 15.9 Å². The third-order valence-electron chi connectivity index (χ3n) is 4.67. The molecule has 1 unspecified atom stereocenters. The second-order valence-corrected chi connectivity index (χ2v) is 8.82. The van der Waals surface area contributed by atoms with Crippen molar-refractivity contribution in [2.75, 3.05) is 5.32 Å². The molecule has 0 aliphatic heterocycles. The predicted octanol–water partition coefficient (Wildman–Crippen LogP) is 4.05. The van der Waals surface area contributed by atoms with Crippen LogP contribution in [0, 0.1) is 6.92 Å². The van der Waals surface area contributed by atoms with Gasteiger partial charge in [-0.3, -0.25) is 19.5 Å². The normalized spacial score (nSPS) is 12.2. The van der Waals surface area contributed by atoms with Gasteiger partial charge in [0.25, 0.3) is 5.56 Å². The Kier molecular flexibility index (Phi) is 5.25. The number of aryl methyl sites for hydroxylation is 2. The summed E-state index contributed by atoms with van der Waals surface area (Å²) >= 11 is 2.81. The number of benzene rings is 1. The second-order valence-electron chi connectivity index (χ2n) is 6.56. The fourth-order valence-corrected chi connectivity index (χ4v) is 4.81. The average molecular weight is 426 g/mol. The number of rotatable bonds is 5. The third-order valence-corrected chi connectivity index (χ3v) is 6.67. The summed E-state index contributed by atoms with van der Waals surface area (Å²) in [4.78, 5) is 32.2. The van der Waals surface area contributed by atoms with Crippen molar-refractivity contribution in [3.05, 3.63) is 56.9 Å². The van der Waals surface area contributed by atoms with Crippen LogP contribution >= 0.6 is 22.7 Å². The fraction of sp³-hybridized carbons (Fsp3) is 0.250. The van der Waals surface area contributed by atoms with E-state index in [4.69, 9.17) is 0 Å². The van der Waals surface area contributed by atoms with Gasteiger partial charge in [0.2, 0.25) is 11.0 Å². The van der Waals surface area contributed by atoms with Crippen molar-refractivity contribution in [2.24, 2.45) is 0 Å². The van der Waals surface area contributed by atoms with Crippen molar-refractivity contribution >= 4 is 43.9 Å². The molecule has 0 aliphatic carbocycles. The maximum absolute atomic E-state index is 13.3. The monoisotopic (exact) mass is 425 g/mol. The number of carbonyl (C=O) groups is 1. The number of hydrogen-bond acceptors (Lipinski definition) is 7. The summed E-state index contributed by atoms with van der Waals surface area (Å²) in [6.07, 6.45) is 2.19. The molecule has 1 amide bonds. The van der Waals surface area contributed by atoms with Gasteiger partial charge in [0.15, 0.2) is 0 Å². The van der Waals surface area contributed by atoms with E-state index >= 15 is 0 Å². The van der Waals surface area contributed by atoms with Crippen LogP contribution in [0.1, 0.15) is 29.8 Å². The molecule has 0 saturated heterocycles. The molecule has 1 N–H and O–H groups in total. The van der Waals surface area contributed by atoms with Crippen LogP contribution in [0.3, 0.4) is 0 Å². The van der Waals surface area contributed by atoms with E-state index in [2.05, 4.69) is 20.5 Å². The molecule has 0 aliphatic rings. The lowest BCUT2D eigenvalue weighted by molar-refractivity contribution is -0.118. The smallest absolute Gasteiger partial charge is 0.263 e. The van der Waals surface area contributed by atoms with Crippen LogP contribution in [-0.2, 0) is 11.2 Å². The van der Waals surface area contributed by atoms with Gasteiger partial charge in [0, 0.05) is 10.4 Å². The van der Waals surface area contributed by atoms with E-state index in [-0.39, 0.29) is 11.5 Å². The first kappa shape index (κ1) is 19.4. The van der Waals surface area contributed by atoms with Crippen LogP contribution in [-0.4, -0.2) is 25.7 Å². The summed E-state index contributed by atoms with van der Waals surface area (Å²) in [5, 5.41) is 12.5. The summed E-state index contributed by atoms with van der Waals surface area (Å²) in [6, 6.07) is 9.03. The number of nitrogens with zero attached hydrogens (tertiary/aromatic N) is 4. The van der Waals surface area contributed by atoms with Crippen molar-refractivity contribution in [3.63, 3.8) is 0 Å². The highest BCUT2D eigenvalue weighted by Gasteiger charge is 2.22. The molecule has 0 spiro atoms. The maximum Gasteiger partial charge on any atom is 0.263 e. The van der Waals surface area contributed by atoms with E-state index in [1.807, 2.05) is 44.2 Å². The average Bonchev–Trinajstić information content (AvgIpc) is 3.32. The molecule has 4 rings (SSSR count). The van der Waals surface area contributed by atoms with Crippen molar-refractivity contribution in [2.45, 2.75) is 33.2 Å². The Hall–Kier alpha value is -2.91. The first-order valence-electron chi connectivity index (χ1n) is 9.18. The molecule has 1 atom stereocenters. The van der Waals surface area contributed by atoms with E-state index in [1.165, 1.54) is 33.6 Å². The number of carbonyl (C=O) groups excluding carboxylic acids is 1. The van der Waals surface area contributed by atoms with Crippen LogP contribution in [0.25, 0.3) is 21.3 Å². The number of nitrogens with one attached hydrogen (secondary N) is 1. The van der Waals surface area contributed by atoms with Crippen LogP contribution < -0.4 is 10.9 Å². The Bertz CT molecular complexity index is 1240. The molecule has 1 aromatic carbocycles. The molecule has 0 bridgehead atoms. The first-order valence-corrected chi connectivity index (χ1v) is 10.8. The van der Waals surface area contributed by atoms with Crippen molar-refractivity contribution in [1.29, 1.82) is 0 Å². The lowest BCUT2D eigenvalue weighted by atomic mass is 10.0. The Morgan fingerprint density at radius 1 is 1.21 bits per heavy atom. The number of aromatic nitrogens is 4. The van der Waals surface area contributed by atoms with E-state index < -0.39 is 6.04 Å². The zero-order chi connectivity index (χ0) is 20.5. The summed E-state index contributed by atoms with van der Waals surface area (Å²) < 4.78 is 1.37. The second kappa shape index (κ2) is 7.84. The number of fused-ring (bicyclic) bond motifs is 1. The highest BCUT2D eigenvalue weighted by Crippen LogP contribution is 2.35. The SMILES string of the molecule is CCc1nnc(NC(=O)C(C)n2cnc3sc(C)c(-c4ccccc4)c3c2=O)s1. The standard InChI is InChI=1S/C20H19N5O2S2/c1-4-14-23-24-20(29-14)22-17(26)11(2)25-10-21-18-16(19(25)27)15(12(3)28-18)13-8-6-5-7-9-13/h5-11H,4H2,1-3H3,(H,22,24,26). The quantitative estimate of drug-likeness (QED) is 0.521. The molecular formula is C20H19N5O2S2. The summed E-state index contributed by atoms with van der Waals surface area (Å²) in [7, 11) is 0. The van der Waals surface area contributed by atoms with Gasteiger partial charge in [-0.2, -0.15) is 0 Å².